The van der Waals surface area contributed by atoms with Gasteiger partial charge in [-0.1, -0.05) is 36.4 Å². The van der Waals surface area contributed by atoms with Gasteiger partial charge in [-0.3, -0.25) is 14.4 Å². The predicted octanol–water partition coefficient (Wildman–Crippen LogP) is 3.44. The molecule has 0 aliphatic heterocycles. The summed E-state index contributed by atoms with van der Waals surface area (Å²) in [5, 5.41) is 3.69. The van der Waals surface area contributed by atoms with Gasteiger partial charge in [0.15, 0.2) is 5.78 Å². The van der Waals surface area contributed by atoms with Crippen LogP contribution in [0.15, 0.2) is 59.4 Å². The van der Waals surface area contributed by atoms with Crippen molar-refractivity contribution in [1.82, 2.24) is 4.98 Å². The molecule has 5 heteroatoms. The van der Waals surface area contributed by atoms with Crippen molar-refractivity contribution in [3.63, 3.8) is 0 Å². The lowest BCUT2D eigenvalue weighted by atomic mass is 10.1. The Kier molecular flexibility index (Phi) is 4.75. The molecular weight excluding hydrogens is 316 g/mol. The van der Waals surface area contributed by atoms with Crippen LogP contribution < -0.4 is 10.9 Å². The van der Waals surface area contributed by atoms with Crippen LogP contribution in [0, 0.1) is 6.92 Å². The second-order valence-corrected chi connectivity index (χ2v) is 5.91. The molecule has 1 heterocycles. The number of ketones is 1. The molecular formula is C20H18N2O3. The first-order valence-corrected chi connectivity index (χ1v) is 8.05. The molecule has 3 rings (SSSR count). The molecule has 0 aliphatic rings. The summed E-state index contributed by atoms with van der Waals surface area (Å²) in [6.45, 7) is 1.87. The van der Waals surface area contributed by atoms with Gasteiger partial charge in [-0.2, -0.15) is 0 Å². The molecule has 2 aromatic carbocycles. The Labute approximate surface area is 144 Å². The summed E-state index contributed by atoms with van der Waals surface area (Å²) in [5.41, 5.74) is 2.56. The van der Waals surface area contributed by atoms with Crippen molar-refractivity contribution in [2.75, 3.05) is 5.32 Å². The quantitative estimate of drug-likeness (QED) is 0.702. The number of rotatable bonds is 5. The molecule has 0 fully saturated rings. The molecule has 0 atom stereocenters. The van der Waals surface area contributed by atoms with Gasteiger partial charge in [-0.05, 0) is 24.6 Å². The predicted molar refractivity (Wildman–Crippen MR) is 97.9 cm³/mol. The van der Waals surface area contributed by atoms with Crippen LogP contribution >= 0.6 is 0 Å². The highest BCUT2D eigenvalue weighted by atomic mass is 16.2. The van der Waals surface area contributed by atoms with Gasteiger partial charge < -0.3 is 10.3 Å². The Balaban J connectivity index is 1.66. The maximum Gasteiger partial charge on any atom is 0.248 e. The highest BCUT2D eigenvalue weighted by Gasteiger charge is 2.10. The molecule has 0 spiro atoms. The van der Waals surface area contributed by atoms with Gasteiger partial charge >= 0.3 is 0 Å². The van der Waals surface area contributed by atoms with Crippen molar-refractivity contribution in [3.05, 3.63) is 76.1 Å². The number of carbonyl (C=O) groups excluding carboxylic acids is 2. The van der Waals surface area contributed by atoms with Gasteiger partial charge in [0.1, 0.15) is 0 Å². The lowest BCUT2D eigenvalue weighted by Crippen LogP contribution is -2.14. The number of H-pyrrole nitrogens is 1. The fourth-order valence-electron chi connectivity index (χ4n) is 2.73. The van der Waals surface area contributed by atoms with Gasteiger partial charge in [0.2, 0.25) is 11.5 Å². The van der Waals surface area contributed by atoms with Crippen LogP contribution in [0.2, 0.25) is 0 Å². The van der Waals surface area contributed by atoms with E-state index in [0.717, 1.165) is 10.9 Å². The minimum Gasteiger partial charge on any atom is -0.326 e. The maximum atomic E-state index is 12.1. The molecule has 0 aliphatic carbocycles. The van der Waals surface area contributed by atoms with E-state index in [9.17, 15) is 14.4 Å². The number of benzene rings is 2. The number of amides is 1. The van der Waals surface area contributed by atoms with E-state index in [-0.39, 0.29) is 30.1 Å². The Bertz CT molecular complexity index is 991. The van der Waals surface area contributed by atoms with Crippen LogP contribution in [0.25, 0.3) is 10.9 Å². The SMILES string of the molecule is Cc1cc(=O)[nH]c2cc(NC(=O)CCC(=O)c3ccccc3)ccc12. The number of aromatic amines is 1. The number of hydrogen-bond donors (Lipinski definition) is 2. The van der Waals surface area contributed by atoms with E-state index in [4.69, 9.17) is 0 Å². The molecule has 1 aromatic heterocycles. The molecule has 25 heavy (non-hydrogen) atoms. The van der Waals surface area contributed by atoms with Crippen LogP contribution in [0.4, 0.5) is 5.69 Å². The van der Waals surface area contributed by atoms with Crippen LogP contribution in [0.1, 0.15) is 28.8 Å². The Hall–Kier alpha value is -3.21. The molecule has 2 N–H and O–H groups in total. The monoisotopic (exact) mass is 334 g/mol. The smallest absolute Gasteiger partial charge is 0.248 e. The van der Waals surface area contributed by atoms with Crippen molar-refractivity contribution < 1.29 is 9.59 Å². The van der Waals surface area contributed by atoms with Crippen molar-refractivity contribution in [3.8, 4) is 0 Å². The number of anilines is 1. The van der Waals surface area contributed by atoms with Crippen molar-refractivity contribution >= 4 is 28.3 Å². The van der Waals surface area contributed by atoms with E-state index in [1.54, 1.807) is 36.4 Å². The van der Waals surface area contributed by atoms with Crippen LogP contribution in [0.5, 0.6) is 0 Å². The minimum atomic E-state index is -0.237. The van der Waals surface area contributed by atoms with Gasteiger partial charge in [0.05, 0.1) is 5.52 Å². The van der Waals surface area contributed by atoms with E-state index in [2.05, 4.69) is 10.3 Å². The van der Waals surface area contributed by atoms with Crippen molar-refractivity contribution in [1.29, 1.82) is 0 Å². The zero-order valence-electron chi connectivity index (χ0n) is 13.8. The molecule has 0 saturated heterocycles. The number of carbonyl (C=O) groups is 2. The number of aryl methyl sites for hydroxylation is 1. The number of pyridine rings is 1. The maximum absolute atomic E-state index is 12.1. The number of aromatic nitrogens is 1. The van der Waals surface area contributed by atoms with Gasteiger partial charge in [-0.25, -0.2) is 0 Å². The molecule has 5 nitrogen and oxygen atoms in total. The topological polar surface area (TPSA) is 79.0 Å². The number of nitrogens with one attached hydrogen (secondary N) is 2. The number of fused-ring (bicyclic) bond motifs is 1. The highest BCUT2D eigenvalue weighted by Crippen LogP contribution is 2.19. The molecule has 3 aromatic rings. The fourth-order valence-corrected chi connectivity index (χ4v) is 2.73. The summed E-state index contributed by atoms with van der Waals surface area (Å²) >= 11 is 0. The van der Waals surface area contributed by atoms with Crippen LogP contribution in [-0.4, -0.2) is 16.7 Å². The van der Waals surface area contributed by atoms with Crippen LogP contribution in [0.3, 0.4) is 0 Å². The first kappa shape index (κ1) is 16.6. The van der Waals surface area contributed by atoms with Gasteiger partial charge in [0, 0.05) is 35.5 Å². The van der Waals surface area contributed by atoms with Crippen LogP contribution in [-0.2, 0) is 4.79 Å². The summed E-state index contributed by atoms with van der Waals surface area (Å²) in [6.07, 6.45) is 0.259. The lowest BCUT2D eigenvalue weighted by molar-refractivity contribution is -0.116. The van der Waals surface area contributed by atoms with Crippen molar-refractivity contribution in [2.24, 2.45) is 0 Å². The standard InChI is InChI=1S/C20H18N2O3/c1-13-11-20(25)22-17-12-15(7-8-16(13)17)21-19(24)10-9-18(23)14-5-3-2-4-6-14/h2-8,11-12H,9-10H2,1H3,(H,21,24)(H,22,25). The average molecular weight is 334 g/mol. The second kappa shape index (κ2) is 7.13. The van der Waals surface area contributed by atoms with E-state index in [0.29, 0.717) is 16.8 Å². The first-order chi connectivity index (χ1) is 12.0. The third-order valence-electron chi connectivity index (χ3n) is 4.01. The summed E-state index contributed by atoms with van der Waals surface area (Å²) in [7, 11) is 0. The van der Waals surface area contributed by atoms with E-state index in [1.165, 1.54) is 6.07 Å². The number of hydrogen-bond acceptors (Lipinski definition) is 3. The molecule has 0 radical (unpaired) electrons. The third kappa shape index (κ3) is 4.01. The zero-order chi connectivity index (χ0) is 17.8. The molecule has 0 bridgehead atoms. The summed E-state index contributed by atoms with van der Waals surface area (Å²) in [6, 6.07) is 15.8. The molecule has 126 valence electrons. The Morgan fingerprint density at radius 3 is 2.52 bits per heavy atom. The molecule has 1 amide bonds. The van der Waals surface area contributed by atoms with Gasteiger partial charge in [0.25, 0.3) is 0 Å². The Morgan fingerprint density at radius 1 is 1.00 bits per heavy atom. The first-order valence-electron chi connectivity index (χ1n) is 8.05. The van der Waals surface area contributed by atoms with Gasteiger partial charge in [-0.15, -0.1) is 0 Å². The van der Waals surface area contributed by atoms with E-state index >= 15 is 0 Å². The lowest BCUT2D eigenvalue weighted by Gasteiger charge is -2.07. The molecule has 0 saturated carbocycles. The normalized spacial score (nSPS) is 10.6. The average Bonchev–Trinajstić information content (AvgIpc) is 2.60. The summed E-state index contributed by atoms with van der Waals surface area (Å²) in [5.74, 6) is -0.298. The van der Waals surface area contributed by atoms with E-state index in [1.807, 2.05) is 19.1 Å². The zero-order valence-corrected chi connectivity index (χ0v) is 13.8. The Morgan fingerprint density at radius 2 is 1.76 bits per heavy atom. The fraction of sp³-hybridized carbons (Fsp3) is 0.150. The number of Topliss-reactive ketones (excluding diaryl/α,β-unsaturated/α-hetero) is 1. The minimum absolute atomic E-state index is 0.0609. The third-order valence-corrected chi connectivity index (χ3v) is 4.01. The van der Waals surface area contributed by atoms with E-state index < -0.39 is 0 Å². The summed E-state index contributed by atoms with van der Waals surface area (Å²) in [4.78, 5) is 38.4. The van der Waals surface area contributed by atoms with Crippen molar-refractivity contribution in [2.45, 2.75) is 19.8 Å². The molecule has 0 unspecified atom stereocenters. The largest absolute Gasteiger partial charge is 0.326 e. The second-order valence-electron chi connectivity index (χ2n) is 5.91. The highest BCUT2D eigenvalue weighted by molar-refractivity contribution is 6.00. The summed E-state index contributed by atoms with van der Waals surface area (Å²) < 4.78 is 0.